The fourth-order valence-corrected chi connectivity index (χ4v) is 1.88. The zero-order valence-electron chi connectivity index (χ0n) is 12.6. The normalized spacial score (nSPS) is 12.6. The highest BCUT2D eigenvalue weighted by Crippen LogP contribution is 2.25. The number of carbonyl (C=O) groups excluding carboxylic acids is 2. The summed E-state index contributed by atoms with van der Waals surface area (Å²) in [7, 11) is 0. The maximum absolute atomic E-state index is 12.1. The molecule has 0 saturated carbocycles. The lowest BCUT2D eigenvalue weighted by atomic mass is 10.0. The zero-order valence-corrected chi connectivity index (χ0v) is 12.6. The Morgan fingerprint density at radius 1 is 1.27 bits per heavy atom. The molecule has 0 spiro atoms. The van der Waals surface area contributed by atoms with Crippen LogP contribution in [0.4, 0.5) is 0 Å². The van der Waals surface area contributed by atoms with Crippen molar-refractivity contribution < 1.29 is 19.1 Å². The maximum atomic E-state index is 12.1. The van der Waals surface area contributed by atoms with Crippen molar-refractivity contribution in [3.05, 3.63) is 46.3 Å². The third-order valence-corrected chi connectivity index (χ3v) is 2.84. The second-order valence-electron chi connectivity index (χ2n) is 4.47. The molecule has 0 radical (unpaired) electrons. The van der Waals surface area contributed by atoms with Gasteiger partial charge in [0.2, 0.25) is 6.10 Å². The quantitative estimate of drug-likeness (QED) is 0.318. The highest BCUT2D eigenvalue weighted by atomic mass is 16.6. The topological polar surface area (TPSA) is 101 Å². The second-order valence-corrected chi connectivity index (χ2v) is 4.47. The van der Waals surface area contributed by atoms with E-state index in [4.69, 9.17) is 15.0 Å². The zero-order chi connectivity index (χ0) is 16.4. The Bertz CT molecular complexity index is 541. The van der Waals surface area contributed by atoms with Crippen LogP contribution in [0.1, 0.15) is 38.3 Å². The molecule has 0 aromatic heterocycles. The number of benzene rings is 1. The predicted octanol–water partition coefficient (Wildman–Crippen LogP) is 3.31. The number of hydrogen-bond acceptors (Lipinski definition) is 5. The third kappa shape index (κ3) is 5.10. The van der Waals surface area contributed by atoms with Crippen LogP contribution in [-0.4, -0.2) is 24.6 Å². The van der Waals surface area contributed by atoms with Crippen molar-refractivity contribution in [1.29, 1.82) is 0 Å². The summed E-state index contributed by atoms with van der Waals surface area (Å²) in [5.41, 5.74) is 9.33. The van der Waals surface area contributed by atoms with Crippen LogP contribution >= 0.6 is 0 Å². The SMILES string of the molecule is CCCC(=O)O[C@H](C(=O)OCC)[C@H](N=[N+]=[N-])c1ccccc1. The average Bonchev–Trinajstić information content (AvgIpc) is 2.52. The van der Waals surface area contributed by atoms with Crippen molar-refractivity contribution in [1.82, 2.24) is 0 Å². The number of rotatable bonds is 8. The van der Waals surface area contributed by atoms with Crippen LogP contribution < -0.4 is 0 Å². The molecule has 0 unspecified atom stereocenters. The molecule has 0 N–H and O–H groups in total. The molecule has 22 heavy (non-hydrogen) atoms. The minimum Gasteiger partial charge on any atom is -0.463 e. The van der Waals surface area contributed by atoms with E-state index in [0.717, 1.165) is 0 Å². The van der Waals surface area contributed by atoms with Gasteiger partial charge in [0.05, 0.1) is 6.61 Å². The Labute approximate surface area is 128 Å². The number of carbonyl (C=O) groups is 2. The molecule has 0 aliphatic rings. The van der Waals surface area contributed by atoms with Crippen molar-refractivity contribution in [2.75, 3.05) is 6.61 Å². The summed E-state index contributed by atoms with van der Waals surface area (Å²) in [6.07, 6.45) is -0.531. The molecule has 2 atom stereocenters. The van der Waals surface area contributed by atoms with Gasteiger partial charge in [0.15, 0.2) is 0 Å². The first-order chi connectivity index (χ1) is 10.6. The summed E-state index contributed by atoms with van der Waals surface area (Å²) in [6.45, 7) is 3.61. The first kappa shape index (κ1) is 17.5. The third-order valence-electron chi connectivity index (χ3n) is 2.84. The lowest BCUT2D eigenvalue weighted by molar-refractivity contribution is -0.169. The lowest BCUT2D eigenvalue weighted by Crippen LogP contribution is -2.34. The van der Waals surface area contributed by atoms with Gasteiger partial charge in [-0.2, -0.15) is 0 Å². The average molecular weight is 305 g/mol. The van der Waals surface area contributed by atoms with Crippen LogP contribution in [0.15, 0.2) is 35.4 Å². The highest BCUT2D eigenvalue weighted by Gasteiger charge is 2.33. The smallest absolute Gasteiger partial charge is 0.348 e. The first-order valence-corrected chi connectivity index (χ1v) is 7.09. The molecule has 0 heterocycles. The van der Waals surface area contributed by atoms with Gasteiger partial charge in [0.25, 0.3) is 0 Å². The van der Waals surface area contributed by atoms with Gasteiger partial charge in [-0.15, -0.1) is 0 Å². The van der Waals surface area contributed by atoms with Gasteiger partial charge in [-0.25, -0.2) is 4.79 Å². The monoisotopic (exact) mass is 305 g/mol. The number of ether oxygens (including phenoxy) is 2. The van der Waals surface area contributed by atoms with Gasteiger partial charge in [0.1, 0.15) is 6.04 Å². The highest BCUT2D eigenvalue weighted by molar-refractivity contribution is 5.80. The Morgan fingerprint density at radius 3 is 2.50 bits per heavy atom. The Balaban J connectivity index is 3.10. The minimum absolute atomic E-state index is 0.137. The Kier molecular flexibility index (Phi) is 7.50. The first-order valence-electron chi connectivity index (χ1n) is 7.09. The summed E-state index contributed by atoms with van der Waals surface area (Å²) in [5, 5.41) is 3.61. The van der Waals surface area contributed by atoms with E-state index in [0.29, 0.717) is 12.0 Å². The molecule has 1 aromatic carbocycles. The molecule has 118 valence electrons. The van der Waals surface area contributed by atoms with Crippen LogP contribution in [0, 0.1) is 0 Å². The molecule has 0 bridgehead atoms. The number of hydrogen-bond donors (Lipinski definition) is 0. The van der Waals surface area contributed by atoms with Crippen LogP contribution in [0.3, 0.4) is 0 Å². The summed E-state index contributed by atoms with van der Waals surface area (Å²) in [5.74, 6) is -1.26. The lowest BCUT2D eigenvalue weighted by Gasteiger charge is -2.22. The molecular formula is C15H19N3O4. The summed E-state index contributed by atoms with van der Waals surface area (Å²) >= 11 is 0. The molecule has 0 fully saturated rings. The number of esters is 2. The minimum atomic E-state index is -1.29. The second kappa shape index (κ2) is 9.41. The number of azide groups is 1. The van der Waals surface area contributed by atoms with Gasteiger partial charge in [-0.05, 0) is 24.4 Å². The molecule has 7 nitrogen and oxygen atoms in total. The van der Waals surface area contributed by atoms with Gasteiger partial charge >= 0.3 is 11.9 Å². The van der Waals surface area contributed by atoms with E-state index in [1.54, 1.807) is 37.3 Å². The van der Waals surface area contributed by atoms with E-state index in [2.05, 4.69) is 10.0 Å². The van der Waals surface area contributed by atoms with Crippen molar-refractivity contribution >= 4 is 11.9 Å². The largest absolute Gasteiger partial charge is 0.463 e. The molecule has 1 aromatic rings. The van der Waals surface area contributed by atoms with Gasteiger partial charge < -0.3 is 9.47 Å². The molecular weight excluding hydrogens is 286 g/mol. The molecule has 7 heteroatoms. The van der Waals surface area contributed by atoms with Gasteiger partial charge in [-0.1, -0.05) is 42.4 Å². The van der Waals surface area contributed by atoms with E-state index in [1.807, 2.05) is 6.92 Å². The van der Waals surface area contributed by atoms with Crippen molar-refractivity contribution in [3.63, 3.8) is 0 Å². The predicted molar refractivity (Wildman–Crippen MR) is 79.8 cm³/mol. The van der Waals surface area contributed by atoms with Crippen LogP contribution in [-0.2, 0) is 19.1 Å². The van der Waals surface area contributed by atoms with Gasteiger partial charge in [0, 0.05) is 11.3 Å². The summed E-state index contributed by atoms with van der Waals surface area (Å²) in [6, 6.07) is 7.69. The van der Waals surface area contributed by atoms with E-state index in [1.165, 1.54) is 0 Å². The summed E-state index contributed by atoms with van der Waals surface area (Å²) in [4.78, 5) is 26.6. The van der Waals surface area contributed by atoms with Crippen molar-refractivity contribution in [3.8, 4) is 0 Å². The molecule has 0 saturated heterocycles. The van der Waals surface area contributed by atoms with Crippen LogP contribution in [0.25, 0.3) is 10.4 Å². The van der Waals surface area contributed by atoms with E-state index >= 15 is 0 Å². The van der Waals surface area contributed by atoms with E-state index < -0.39 is 24.1 Å². The van der Waals surface area contributed by atoms with Crippen LogP contribution in [0.5, 0.6) is 0 Å². The Morgan fingerprint density at radius 2 is 1.95 bits per heavy atom. The van der Waals surface area contributed by atoms with E-state index in [-0.39, 0.29) is 13.0 Å². The fourth-order valence-electron chi connectivity index (χ4n) is 1.88. The van der Waals surface area contributed by atoms with E-state index in [9.17, 15) is 9.59 Å². The number of nitrogens with zero attached hydrogens (tertiary/aromatic N) is 3. The standard InChI is InChI=1S/C15H19N3O4/c1-3-8-12(19)22-14(15(20)21-4-2)13(17-18-16)11-9-6-5-7-10-11/h5-7,9-10,13-14H,3-4,8H2,1-2H3/t13-,14+/m1/s1. The molecule has 0 aliphatic carbocycles. The molecule has 0 amide bonds. The van der Waals surface area contributed by atoms with Crippen LogP contribution in [0.2, 0.25) is 0 Å². The molecule has 1 rings (SSSR count). The van der Waals surface area contributed by atoms with Crippen molar-refractivity contribution in [2.45, 2.75) is 38.8 Å². The van der Waals surface area contributed by atoms with Crippen molar-refractivity contribution in [2.24, 2.45) is 5.11 Å². The Hall–Kier alpha value is -2.53. The van der Waals surface area contributed by atoms with Gasteiger partial charge in [-0.3, -0.25) is 4.79 Å². The fraction of sp³-hybridized carbons (Fsp3) is 0.467. The molecule has 0 aliphatic heterocycles. The summed E-state index contributed by atoms with van der Waals surface area (Å²) < 4.78 is 10.1. The maximum Gasteiger partial charge on any atom is 0.348 e.